The number of pyridine rings is 1. The Labute approximate surface area is 170 Å². The molecule has 0 atom stereocenters. The van der Waals surface area contributed by atoms with Crippen molar-refractivity contribution in [1.82, 2.24) is 9.47 Å². The Kier molecular flexibility index (Phi) is 4.71. The topological polar surface area (TPSA) is 126 Å². The average molecular weight is 407 g/mol. The number of amides is 1. The van der Waals surface area contributed by atoms with Crippen LogP contribution in [0.2, 0.25) is 0 Å². The Hall–Kier alpha value is -4.13. The van der Waals surface area contributed by atoms with E-state index in [4.69, 9.17) is 4.42 Å². The summed E-state index contributed by atoms with van der Waals surface area (Å²) in [7, 11) is 1.63. The molecule has 10 heteroatoms. The highest BCUT2D eigenvalue weighted by Crippen LogP contribution is 2.29. The number of aryl methyl sites for hydroxylation is 1. The molecule has 1 saturated heterocycles. The first-order valence-corrected chi connectivity index (χ1v) is 9.22. The average Bonchev–Trinajstić information content (AvgIpc) is 3.26. The first-order valence-electron chi connectivity index (χ1n) is 9.22. The molecule has 0 saturated carbocycles. The van der Waals surface area contributed by atoms with Crippen molar-refractivity contribution >= 4 is 28.4 Å². The maximum absolute atomic E-state index is 12.7. The highest BCUT2D eigenvalue weighted by Gasteiger charge is 2.28. The predicted octanol–water partition coefficient (Wildman–Crippen LogP) is 1.87. The molecule has 3 aromatic rings. The second-order valence-electron chi connectivity index (χ2n) is 6.89. The summed E-state index contributed by atoms with van der Waals surface area (Å²) in [5.41, 5.74) is 0.986. The lowest BCUT2D eigenvalue weighted by molar-refractivity contribution is -0.402. The molecule has 0 unspecified atom stereocenters. The van der Waals surface area contributed by atoms with Crippen LogP contribution in [0.25, 0.3) is 10.9 Å². The second-order valence-corrected chi connectivity index (χ2v) is 6.89. The Morgan fingerprint density at radius 2 is 1.87 bits per heavy atom. The largest absolute Gasteiger partial charge is 0.433 e. The molecule has 2 aromatic heterocycles. The quantitative estimate of drug-likeness (QED) is 0.479. The third-order valence-corrected chi connectivity index (χ3v) is 5.25. The number of furan rings is 1. The molecule has 1 aromatic carbocycles. The second kappa shape index (κ2) is 7.36. The molecule has 1 fully saturated rings. The van der Waals surface area contributed by atoms with Crippen LogP contribution < -0.4 is 10.5 Å². The summed E-state index contributed by atoms with van der Waals surface area (Å²) >= 11 is 0. The number of aromatic nitrogens is 1. The van der Waals surface area contributed by atoms with Crippen LogP contribution in [0.4, 0.5) is 11.6 Å². The first-order chi connectivity index (χ1) is 14.4. The van der Waals surface area contributed by atoms with Gasteiger partial charge >= 0.3 is 5.88 Å². The number of piperazine rings is 1. The van der Waals surface area contributed by atoms with E-state index in [1.54, 1.807) is 7.05 Å². The Morgan fingerprint density at radius 3 is 2.50 bits per heavy atom. The summed E-state index contributed by atoms with van der Waals surface area (Å²) < 4.78 is 6.46. The number of nitriles is 1. The monoisotopic (exact) mass is 407 g/mol. The predicted molar refractivity (Wildman–Crippen MR) is 107 cm³/mol. The summed E-state index contributed by atoms with van der Waals surface area (Å²) in [6.07, 6.45) is 0. The van der Waals surface area contributed by atoms with Gasteiger partial charge in [-0.2, -0.15) is 5.26 Å². The number of hydrogen-bond donors (Lipinski definition) is 0. The van der Waals surface area contributed by atoms with Crippen molar-refractivity contribution in [2.75, 3.05) is 31.1 Å². The zero-order valence-corrected chi connectivity index (χ0v) is 16.1. The van der Waals surface area contributed by atoms with Crippen molar-refractivity contribution in [1.29, 1.82) is 5.26 Å². The zero-order chi connectivity index (χ0) is 21.4. The number of fused-ring (bicyclic) bond motifs is 1. The molecule has 0 N–H and O–H groups in total. The number of benzene rings is 1. The number of para-hydroxylation sites is 1. The van der Waals surface area contributed by atoms with Crippen molar-refractivity contribution in [3.05, 3.63) is 68.2 Å². The van der Waals surface area contributed by atoms with E-state index in [9.17, 15) is 25.0 Å². The minimum Gasteiger partial charge on any atom is -0.395 e. The van der Waals surface area contributed by atoms with E-state index in [0.717, 1.165) is 17.0 Å². The standard InChI is InChI=1S/C20H17N5O5/c1-22-15-5-3-2-4-13(15)18(14(12-21)19(22)26)23-8-10-24(11-9-23)20(27)16-6-7-17(30-16)25(28)29/h2-7H,8-11H2,1H3. The zero-order valence-electron chi connectivity index (χ0n) is 16.1. The smallest absolute Gasteiger partial charge is 0.395 e. The van der Waals surface area contributed by atoms with Gasteiger partial charge in [-0.05, 0) is 12.1 Å². The number of anilines is 1. The molecule has 3 heterocycles. The SMILES string of the molecule is Cn1c(=O)c(C#N)c(N2CCN(C(=O)c3ccc([N+](=O)[O-])o3)CC2)c2ccccc21. The molecular weight excluding hydrogens is 390 g/mol. The molecule has 30 heavy (non-hydrogen) atoms. The third-order valence-electron chi connectivity index (χ3n) is 5.25. The summed E-state index contributed by atoms with van der Waals surface area (Å²) in [5.74, 6) is -1.01. The van der Waals surface area contributed by atoms with E-state index in [0.29, 0.717) is 31.9 Å². The normalized spacial score (nSPS) is 14.0. The lowest BCUT2D eigenvalue weighted by atomic mass is 10.1. The maximum Gasteiger partial charge on any atom is 0.433 e. The molecule has 1 aliphatic heterocycles. The van der Waals surface area contributed by atoms with E-state index >= 15 is 0 Å². The number of carbonyl (C=O) groups is 1. The van der Waals surface area contributed by atoms with Gasteiger partial charge in [-0.15, -0.1) is 0 Å². The van der Waals surface area contributed by atoms with Crippen molar-refractivity contribution in [2.45, 2.75) is 0 Å². The van der Waals surface area contributed by atoms with Gasteiger partial charge in [0.1, 0.15) is 16.6 Å². The van der Waals surface area contributed by atoms with Gasteiger partial charge in [-0.25, -0.2) is 0 Å². The molecule has 1 aliphatic rings. The van der Waals surface area contributed by atoms with Gasteiger partial charge in [-0.3, -0.25) is 19.7 Å². The van der Waals surface area contributed by atoms with Crippen molar-refractivity contribution in [2.24, 2.45) is 7.05 Å². The highest BCUT2D eigenvalue weighted by molar-refractivity contribution is 5.95. The Balaban J connectivity index is 1.62. The van der Waals surface area contributed by atoms with Crippen LogP contribution in [0.5, 0.6) is 0 Å². The molecule has 1 amide bonds. The van der Waals surface area contributed by atoms with Crippen molar-refractivity contribution in [3.63, 3.8) is 0 Å². The fraction of sp³-hybridized carbons (Fsp3) is 0.250. The fourth-order valence-corrected chi connectivity index (χ4v) is 3.74. The molecular formula is C20H17N5O5. The van der Waals surface area contributed by atoms with Crippen LogP contribution in [-0.2, 0) is 7.05 Å². The van der Waals surface area contributed by atoms with Crippen LogP contribution in [0.3, 0.4) is 0 Å². The van der Waals surface area contributed by atoms with Crippen LogP contribution in [0.15, 0.2) is 45.6 Å². The van der Waals surface area contributed by atoms with Gasteiger partial charge in [0, 0.05) is 38.6 Å². The van der Waals surface area contributed by atoms with Crippen molar-refractivity contribution < 1.29 is 14.1 Å². The van der Waals surface area contributed by atoms with Crippen LogP contribution in [0, 0.1) is 21.4 Å². The number of nitrogens with zero attached hydrogens (tertiary/aromatic N) is 5. The highest BCUT2D eigenvalue weighted by atomic mass is 16.6. The number of rotatable bonds is 3. The number of nitro groups is 1. The van der Waals surface area contributed by atoms with Crippen LogP contribution >= 0.6 is 0 Å². The van der Waals surface area contributed by atoms with Gasteiger partial charge in [-0.1, -0.05) is 18.2 Å². The van der Waals surface area contributed by atoms with Crippen LogP contribution in [-0.4, -0.2) is 46.5 Å². The summed E-state index contributed by atoms with van der Waals surface area (Å²) in [5, 5.41) is 21.2. The van der Waals surface area contributed by atoms with E-state index in [-0.39, 0.29) is 16.9 Å². The number of carbonyl (C=O) groups excluding carboxylic acids is 1. The minimum absolute atomic E-state index is 0.0673. The molecule has 152 valence electrons. The van der Waals surface area contributed by atoms with E-state index in [1.165, 1.54) is 15.5 Å². The van der Waals surface area contributed by atoms with Gasteiger partial charge in [0.25, 0.3) is 11.5 Å². The van der Waals surface area contributed by atoms with E-state index in [1.807, 2.05) is 35.2 Å². The van der Waals surface area contributed by atoms with Gasteiger partial charge < -0.3 is 18.8 Å². The summed E-state index contributed by atoms with van der Waals surface area (Å²) in [6.45, 7) is 1.45. The minimum atomic E-state index is -0.695. The Bertz CT molecular complexity index is 1260. The van der Waals surface area contributed by atoms with Gasteiger partial charge in [0.05, 0.1) is 17.3 Å². The lowest BCUT2D eigenvalue weighted by Crippen LogP contribution is -2.49. The van der Waals surface area contributed by atoms with Gasteiger partial charge in [0.15, 0.2) is 5.76 Å². The van der Waals surface area contributed by atoms with Crippen LogP contribution in [0.1, 0.15) is 16.1 Å². The molecule has 0 spiro atoms. The first kappa shape index (κ1) is 19.2. The molecule has 0 aliphatic carbocycles. The van der Waals surface area contributed by atoms with E-state index < -0.39 is 16.7 Å². The summed E-state index contributed by atoms with van der Waals surface area (Å²) in [6, 6.07) is 11.8. The molecule has 0 bridgehead atoms. The molecule has 10 nitrogen and oxygen atoms in total. The third kappa shape index (κ3) is 3.06. The fourth-order valence-electron chi connectivity index (χ4n) is 3.74. The molecule has 0 radical (unpaired) electrons. The molecule has 4 rings (SSSR count). The maximum atomic E-state index is 12.7. The lowest BCUT2D eigenvalue weighted by Gasteiger charge is -2.36. The summed E-state index contributed by atoms with van der Waals surface area (Å²) in [4.78, 5) is 38.8. The van der Waals surface area contributed by atoms with Crippen molar-refractivity contribution in [3.8, 4) is 6.07 Å². The Morgan fingerprint density at radius 1 is 1.17 bits per heavy atom. The van der Waals surface area contributed by atoms with Gasteiger partial charge in [0.2, 0.25) is 0 Å². The number of hydrogen-bond acceptors (Lipinski definition) is 7. The van der Waals surface area contributed by atoms with E-state index in [2.05, 4.69) is 0 Å².